The number of aromatic nitrogens is 5. The second kappa shape index (κ2) is 6.75. The summed E-state index contributed by atoms with van der Waals surface area (Å²) in [5.41, 5.74) is 2.40. The molecule has 0 amide bonds. The number of nitrogens with one attached hydrogen (secondary N) is 2. The molecule has 5 rings (SSSR count). The molecule has 0 saturated carbocycles. The van der Waals surface area contributed by atoms with Gasteiger partial charge in [0, 0.05) is 18.0 Å². The van der Waals surface area contributed by atoms with E-state index in [0.717, 1.165) is 17.1 Å². The van der Waals surface area contributed by atoms with Crippen molar-refractivity contribution in [1.29, 1.82) is 0 Å². The van der Waals surface area contributed by atoms with E-state index >= 15 is 0 Å². The summed E-state index contributed by atoms with van der Waals surface area (Å²) < 4.78 is 6.83. The number of rotatable bonds is 4. The second-order valence-electron chi connectivity index (χ2n) is 6.42. The standard InChI is InChI=1S/C21H16N6O2/c1-29-15-9-5-6-13(10-15)24-21-22-11-16-18-17(12-23-26-18)20(28)27(19(16)25-21)14-7-3-2-4-8-14/h2-12H,1H3,(H,23,26)(H,22,24,25). The summed E-state index contributed by atoms with van der Waals surface area (Å²) in [4.78, 5) is 22.2. The third kappa shape index (κ3) is 2.87. The number of H-pyrrole nitrogens is 1. The van der Waals surface area contributed by atoms with Crippen LogP contribution in [-0.4, -0.2) is 31.8 Å². The van der Waals surface area contributed by atoms with Crippen LogP contribution in [0.2, 0.25) is 0 Å². The molecule has 0 unspecified atom stereocenters. The fourth-order valence-electron chi connectivity index (χ4n) is 3.30. The third-order valence-electron chi connectivity index (χ3n) is 4.66. The monoisotopic (exact) mass is 384 g/mol. The normalized spacial score (nSPS) is 11.1. The zero-order chi connectivity index (χ0) is 19.8. The second-order valence-corrected chi connectivity index (χ2v) is 6.42. The molecule has 0 radical (unpaired) electrons. The lowest BCUT2D eigenvalue weighted by Gasteiger charge is -2.12. The van der Waals surface area contributed by atoms with Crippen molar-refractivity contribution in [2.75, 3.05) is 12.4 Å². The van der Waals surface area contributed by atoms with Crippen molar-refractivity contribution in [2.45, 2.75) is 0 Å². The Hall–Kier alpha value is -4.20. The predicted molar refractivity (Wildman–Crippen MR) is 111 cm³/mol. The molecule has 0 spiro atoms. The Balaban J connectivity index is 1.74. The van der Waals surface area contributed by atoms with Gasteiger partial charge >= 0.3 is 0 Å². The number of pyridine rings is 1. The van der Waals surface area contributed by atoms with Crippen LogP contribution in [0.3, 0.4) is 0 Å². The van der Waals surface area contributed by atoms with E-state index in [4.69, 9.17) is 4.74 Å². The molecule has 142 valence electrons. The first kappa shape index (κ1) is 16.9. The van der Waals surface area contributed by atoms with Gasteiger partial charge in [-0.15, -0.1) is 0 Å². The summed E-state index contributed by atoms with van der Waals surface area (Å²) in [6.45, 7) is 0. The molecule has 29 heavy (non-hydrogen) atoms. The fraction of sp³-hybridized carbons (Fsp3) is 0.0476. The van der Waals surface area contributed by atoms with Gasteiger partial charge in [-0.25, -0.2) is 4.98 Å². The van der Waals surface area contributed by atoms with Crippen LogP contribution in [0.25, 0.3) is 27.6 Å². The van der Waals surface area contributed by atoms with E-state index in [1.165, 1.54) is 6.20 Å². The maximum absolute atomic E-state index is 13.2. The van der Waals surface area contributed by atoms with Gasteiger partial charge in [-0.05, 0) is 24.3 Å². The quantitative estimate of drug-likeness (QED) is 0.493. The van der Waals surface area contributed by atoms with Crippen molar-refractivity contribution in [3.8, 4) is 11.4 Å². The number of hydrogen-bond acceptors (Lipinski definition) is 6. The maximum Gasteiger partial charge on any atom is 0.267 e. The minimum atomic E-state index is -0.196. The Morgan fingerprint density at radius 1 is 1.03 bits per heavy atom. The number of aromatic amines is 1. The Morgan fingerprint density at radius 3 is 2.72 bits per heavy atom. The lowest BCUT2D eigenvalue weighted by atomic mass is 10.2. The lowest BCUT2D eigenvalue weighted by molar-refractivity contribution is 0.415. The van der Waals surface area contributed by atoms with E-state index in [9.17, 15) is 4.79 Å². The zero-order valence-electron chi connectivity index (χ0n) is 15.5. The third-order valence-corrected chi connectivity index (χ3v) is 4.66. The van der Waals surface area contributed by atoms with Gasteiger partial charge in [-0.1, -0.05) is 24.3 Å². The van der Waals surface area contributed by atoms with Crippen molar-refractivity contribution < 1.29 is 4.74 Å². The predicted octanol–water partition coefficient (Wildman–Crippen LogP) is 3.41. The molecular weight excluding hydrogens is 368 g/mol. The van der Waals surface area contributed by atoms with Gasteiger partial charge in [0.05, 0.1) is 35.3 Å². The van der Waals surface area contributed by atoms with E-state index in [-0.39, 0.29) is 5.56 Å². The molecule has 0 bridgehead atoms. The van der Waals surface area contributed by atoms with Gasteiger partial charge in [0.15, 0.2) is 5.65 Å². The number of nitrogens with zero attached hydrogens (tertiary/aromatic N) is 4. The fourth-order valence-corrected chi connectivity index (χ4v) is 3.30. The summed E-state index contributed by atoms with van der Waals surface area (Å²) in [5.74, 6) is 1.09. The molecule has 0 aliphatic heterocycles. The Morgan fingerprint density at radius 2 is 1.90 bits per heavy atom. The summed E-state index contributed by atoms with van der Waals surface area (Å²) >= 11 is 0. The summed E-state index contributed by atoms with van der Waals surface area (Å²) in [5, 5.41) is 11.3. The molecule has 2 aromatic carbocycles. The van der Waals surface area contributed by atoms with Gasteiger partial charge < -0.3 is 10.1 Å². The summed E-state index contributed by atoms with van der Waals surface area (Å²) in [6, 6.07) is 16.8. The van der Waals surface area contributed by atoms with Crippen LogP contribution in [0.15, 0.2) is 71.8 Å². The largest absolute Gasteiger partial charge is 0.497 e. The van der Waals surface area contributed by atoms with Crippen molar-refractivity contribution in [3.63, 3.8) is 0 Å². The van der Waals surface area contributed by atoms with Crippen molar-refractivity contribution in [1.82, 2.24) is 24.7 Å². The first-order valence-electron chi connectivity index (χ1n) is 8.96. The van der Waals surface area contributed by atoms with E-state index in [1.54, 1.807) is 17.9 Å². The Kier molecular flexibility index (Phi) is 3.94. The molecule has 0 atom stereocenters. The van der Waals surface area contributed by atoms with Crippen LogP contribution in [0.4, 0.5) is 11.6 Å². The van der Waals surface area contributed by atoms with Crippen molar-refractivity contribution in [2.24, 2.45) is 0 Å². The van der Waals surface area contributed by atoms with Crippen LogP contribution in [0.1, 0.15) is 0 Å². The SMILES string of the molecule is COc1cccc(Nc2ncc3c4[nH]ncc4c(=O)n(-c4ccccc4)c3n2)c1. The number of para-hydroxylation sites is 1. The lowest BCUT2D eigenvalue weighted by Crippen LogP contribution is -2.20. The molecule has 2 N–H and O–H groups in total. The highest BCUT2D eigenvalue weighted by Gasteiger charge is 2.16. The molecule has 8 nitrogen and oxygen atoms in total. The maximum atomic E-state index is 13.2. The first-order chi connectivity index (χ1) is 14.2. The van der Waals surface area contributed by atoms with Gasteiger partial charge in [-0.3, -0.25) is 14.5 Å². The highest BCUT2D eigenvalue weighted by molar-refractivity contribution is 6.02. The molecule has 0 aliphatic carbocycles. The average Bonchev–Trinajstić information content (AvgIpc) is 3.25. The number of hydrogen-bond donors (Lipinski definition) is 2. The van der Waals surface area contributed by atoms with Gasteiger partial charge in [0.2, 0.25) is 5.95 Å². The minimum Gasteiger partial charge on any atom is -0.497 e. The molecule has 5 aromatic rings. The van der Waals surface area contributed by atoms with Gasteiger partial charge in [0.1, 0.15) is 5.75 Å². The molecule has 0 aliphatic rings. The Bertz CT molecular complexity index is 1390. The highest BCUT2D eigenvalue weighted by atomic mass is 16.5. The van der Waals surface area contributed by atoms with Crippen LogP contribution >= 0.6 is 0 Å². The van der Waals surface area contributed by atoms with Gasteiger partial charge in [0.25, 0.3) is 5.56 Å². The number of anilines is 2. The van der Waals surface area contributed by atoms with E-state index in [2.05, 4.69) is 25.5 Å². The number of methoxy groups -OCH3 is 1. The molecular formula is C21H16N6O2. The molecule has 3 aromatic heterocycles. The number of benzene rings is 2. The summed E-state index contributed by atoms with van der Waals surface area (Å²) in [7, 11) is 1.61. The van der Waals surface area contributed by atoms with E-state index < -0.39 is 0 Å². The van der Waals surface area contributed by atoms with Crippen molar-refractivity contribution in [3.05, 3.63) is 77.3 Å². The van der Waals surface area contributed by atoms with Crippen molar-refractivity contribution >= 4 is 33.6 Å². The van der Waals surface area contributed by atoms with Crippen LogP contribution in [0.5, 0.6) is 5.75 Å². The topological polar surface area (TPSA) is 97.7 Å². The molecule has 0 saturated heterocycles. The molecule has 0 fully saturated rings. The number of ether oxygens (including phenoxy) is 1. The molecule has 3 heterocycles. The number of fused-ring (bicyclic) bond motifs is 3. The average molecular weight is 384 g/mol. The smallest absolute Gasteiger partial charge is 0.267 e. The first-order valence-corrected chi connectivity index (χ1v) is 8.96. The van der Waals surface area contributed by atoms with E-state index in [1.807, 2.05) is 54.6 Å². The Labute approximate surface area is 164 Å². The summed E-state index contributed by atoms with van der Waals surface area (Å²) in [6.07, 6.45) is 3.21. The van der Waals surface area contributed by atoms with Crippen LogP contribution in [-0.2, 0) is 0 Å². The molecule has 8 heteroatoms. The minimum absolute atomic E-state index is 0.196. The van der Waals surface area contributed by atoms with Crippen LogP contribution in [0, 0.1) is 0 Å². The van der Waals surface area contributed by atoms with Gasteiger partial charge in [-0.2, -0.15) is 10.1 Å². The zero-order valence-corrected chi connectivity index (χ0v) is 15.5. The highest BCUT2D eigenvalue weighted by Crippen LogP contribution is 2.24. The van der Waals surface area contributed by atoms with E-state index in [0.29, 0.717) is 27.9 Å². The van der Waals surface area contributed by atoms with Crippen LogP contribution < -0.4 is 15.6 Å².